The average molecular weight is 924 g/mol. The van der Waals surface area contributed by atoms with Crippen LogP contribution >= 0.6 is 0 Å². The second kappa shape index (κ2) is 26.1. The van der Waals surface area contributed by atoms with Crippen molar-refractivity contribution in [1.82, 2.24) is 47.9 Å². The standard InChI is InChI=1S/C44H61N9O13/c1-23(2)35(52-41(62)31(21-34(56)57)50-43(64)36(26(5)54)53-39(60)29-17-12-18-45-29)42(63)46-22-33(55)47-24(3)37(58)49-30(19-27-13-8-6-9-14-27)40(61)48-25(4)38(59)51-32(44(65)66)20-28-15-10-7-11-16-28/h6-11,13-16,23-26,29-32,35-36,45,54H,12,17-22H2,1-5H3,(H,46,63)(H,47,55)(H,48,61)(H,49,58)(H,50,64)(H,51,59)(H,52,62)(H,53,60)(H,56,57)(H,65,66)/t24-,25-,26+,29-,30-,31-,32-,35-,36-/m0/s1. The van der Waals surface area contributed by atoms with E-state index in [0.29, 0.717) is 24.1 Å². The van der Waals surface area contributed by atoms with Crippen molar-refractivity contribution in [3.63, 3.8) is 0 Å². The number of carboxylic acid groups (broad SMARTS) is 2. The van der Waals surface area contributed by atoms with Crippen LogP contribution in [0.4, 0.5) is 0 Å². The molecule has 0 saturated carbocycles. The Morgan fingerprint density at radius 3 is 1.61 bits per heavy atom. The van der Waals surface area contributed by atoms with Crippen molar-refractivity contribution in [3.8, 4) is 0 Å². The summed E-state index contributed by atoms with van der Waals surface area (Å²) in [6.07, 6.45) is -1.20. The van der Waals surface area contributed by atoms with Crippen LogP contribution in [-0.4, -0.2) is 142 Å². The lowest BCUT2D eigenvalue weighted by Gasteiger charge is -2.27. The van der Waals surface area contributed by atoms with Gasteiger partial charge in [-0.25, -0.2) is 4.79 Å². The van der Waals surface area contributed by atoms with E-state index in [9.17, 15) is 63.3 Å². The van der Waals surface area contributed by atoms with Crippen molar-refractivity contribution >= 4 is 59.2 Å². The second-order valence-electron chi connectivity index (χ2n) is 16.3. The zero-order valence-electron chi connectivity index (χ0n) is 37.4. The Balaban J connectivity index is 1.60. The van der Waals surface area contributed by atoms with Crippen LogP contribution in [0.1, 0.15) is 65.0 Å². The third-order valence-corrected chi connectivity index (χ3v) is 10.5. The van der Waals surface area contributed by atoms with Gasteiger partial charge in [-0.15, -0.1) is 0 Å². The van der Waals surface area contributed by atoms with Gasteiger partial charge in [-0.2, -0.15) is 0 Å². The number of aliphatic carboxylic acids is 2. The van der Waals surface area contributed by atoms with Gasteiger partial charge < -0.3 is 63.2 Å². The van der Waals surface area contributed by atoms with E-state index in [1.54, 1.807) is 74.5 Å². The Kier molecular flexibility index (Phi) is 21.1. The monoisotopic (exact) mass is 923 g/mol. The molecule has 1 aliphatic heterocycles. The third-order valence-electron chi connectivity index (χ3n) is 10.5. The number of rotatable bonds is 25. The Morgan fingerprint density at radius 2 is 1.11 bits per heavy atom. The molecule has 1 fully saturated rings. The first-order valence-corrected chi connectivity index (χ1v) is 21.5. The van der Waals surface area contributed by atoms with Crippen LogP contribution in [0.25, 0.3) is 0 Å². The van der Waals surface area contributed by atoms with E-state index in [4.69, 9.17) is 0 Å². The van der Waals surface area contributed by atoms with E-state index in [-0.39, 0.29) is 12.8 Å². The largest absolute Gasteiger partial charge is 0.481 e. The molecular weight excluding hydrogens is 863 g/mol. The molecule has 12 N–H and O–H groups in total. The molecule has 3 rings (SSSR count). The first-order valence-electron chi connectivity index (χ1n) is 21.5. The fourth-order valence-electron chi connectivity index (χ4n) is 6.72. The lowest BCUT2D eigenvalue weighted by atomic mass is 10.0. The zero-order valence-corrected chi connectivity index (χ0v) is 37.4. The maximum absolute atomic E-state index is 13.5. The Hall–Kier alpha value is -6.94. The van der Waals surface area contributed by atoms with Crippen molar-refractivity contribution in [3.05, 3.63) is 71.8 Å². The third kappa shape index (κ3) is 17.6. The van der Waals surface area contributed by atoms with Crippen molar-refractivity contribution < 1.29 is 63.3 Å². The smallest absolute Gasteiger partial charge is 0.326 e. The van der Waals surface area contributed by atoms with Gasteiger partial charge in [-0.3, -0.25) is 43.2 Å². The molecule has 22 heteroatoms. The van der Waals surface area contributed by atoms with E-state index in [2.05, 4.69) is 47.9 Å². The molecule has 1 saturated heterocycles. The predicted octanol–water partition coefficient (Wildman–Crippen LogP) is -2.63. The SMILES string of the molecule is CC(C)[C@H](NC(=O)[C@H](CC(=O)O)NC(=O)[C@@H](NC(=O)[C@@H]1CCCN1)[C@@H](C)O)C(=O)NCC(=O)N[C@@H](C)C(=O)N[C@@H](Cc1ccccc1)C(=O)N[C@@H](C)C(=O)N[C@@H](Cc1ccccc1)C(=O)O. The maximum Gasteiger partial charge on any atom is 0.326 e. The van der Waals surface area contributed by atoms with Gasteiger partial charge in [-0.05, 0) is 57.2 Å². The van der Waals surface area contributed by atoms with E-state index in [0.717, 1.165) is 6.42 Å². The predicted molar refractivity (Wildman–Crippen MR) is 236 cm³/mol. The van der Waals surface area contributed by atoms with Crippen LogP contribution in [0.3, 0.4) is 0 Å². The Labute approximate surface area is 381 Å². The van der Waals surface area contributed by atoms with Gasteiger partial charge in [0.1, 0.15) is 42.3 Å². The molecule has 0 aliphatic carbocycles. The molecule has 0 radical (unpaired) electrons. The normalized spacial score (nSPS) is 16.9. The van der Waals surface area contributed by atoms with Gasteiger partial charge >= 0.3 is 11.9 Å². The number of amides is 8. The van der Waals surface area contributed by atoms with Crippen molar-refractivity contribution in [2.45, 2.75) is 121 Å². The van der Waals surface area contributed by atoms with Gasteiger partial charge in [0.2, 0.25) is 47.3 Å². The van der Waals surface area contributed by atoms with Crippen molar-refractivity contribution in [2.75, 3.05) is 13.1 Å². The summed E-state index contributed by atoms with van der Waals surface area (Å²) in [5, 5.41) is 51.7. The van der Waals surface area contributed by atoms with E-state index >= 15 is 0 Å². The number of hydrogen-bond donors (Lipinski definition) is 12. The van der Waals surface area contributed by atoms with Gasteiger partial charge in [0.15, 0.2) is 0 Å². The number of carbonyl (C=O) groups excluding carboxylic acids is 8. The van der Waals surface area contributed by atoms with Crippen LogP contribution < -0.4 is 47.9 Å². The Morgan fingerprint density at radius 1 is 0.591 bits per heavy atom. The summed E-state index contributed by atoms with van der Waals surface area (Å²) in [6, 6.07) is 6.88. The molecule has 22 nitrogen and oxygen atoms in total. The number of carboxylic acids is 2. The maximum atomic E-state index is 13.5. The lowest BCUT2D eigenvalue weighted by molar-refractivity contribution is -0.142. The molecule has 66 heavy (non-hydrogen) atoms. The van der Waals surface area contributed by atoms with Gasteiger partial charge in [-0.1, -0.05) is 74.5 Å². The minimum Gasteiger partial charge on any atom is -0.481 e. The number of carbonyl (C=O) groups is 10. The fraction of sp³-hybridized carbons (Fsp3) is 0.500. The molecule has 1 heterocycles. The van der Waals surface area contributed by atoms with E-state index in [1.807, 2.05) is 0 Å². The van der Waals surface area contributed by atoms with Crippen molar-refractivity contribution in [1.29, 1.82) is 0 Å². The number of nitrogens with one attached hydrogen (secondary N) is 9. The molecule has 0 bridgehead atoms. The molecule has 360 valence electrons. The summed E-state index contributed by atoms with van der Waals surface area (Å²) < 4.78 is 0. The summed E-state index contributed by atoms with van der Waals surface area (Å²) in [7, 11) is 0. The fourth-order valence-corrected chi connectivity index (χ4v) is 6.72. The molecule has 2 aromatic carbocycles. The lowest BCUT2D eigenvalue weighted by Crippen LogP contribution is -2.61. The first-order chi connectivity index (χ1) is 31.2. The topological polar surface area (TPSA) is 340 Å². The highest BCUT2D eigenvalue weighted by Gasteiger charge is 2.35. The van der Waals surface area contributed by atoms with E-state index < -0.39 is 133 Å². The Bertz CT molecular complexity index is 2030. The van der Waals surface area contributed by atoms with Gasteiger partial charge in [0.05, 0.1) is 25.1 Å². The number of aliphatic hydroxyl groups excluding tert-OH is 1. The van der Waals surface area contributed by atoms with Gasteiger partial charge in [0.25, 0.3) is 0 Å². The van der Waals surface area contributed by atoms with Crippen LogP contribution in [-0.2, 0) is 60.8 Å². The molecule has 0 unspecified atom stereocenters. The summed E-state index contributed by atoms with van der Waals surface area (Å²) in [6.45, 7) is 6.87. The van der Waals surface area contributed by atoms with E-state index in [1.165, 1.54) is 20.8 Å². The molecular formula is C44H61N9O13. The summed E-state index contributed by atoms with van der Waals surface area (Å²) in [4.78, 5) is 129. The van der Waals surface area contributed by atoms with Crippen LogP contribution in [0.2, 0.25) is 0 Å². The number of benzene rings is 2. The molecule has 0 spiro atoms. The van der Waals surface area contributed by atoms with Crippen LogP contribution in [0.15, 0.2) is 60.7 Å². The van der Waals surface area contributed by atoms with Crippen LogP contribution in [0.5, 0.6) is 0 Å². The average Bonchev–Trinajstić information content (AvgIpc) is 3.81. The number of hydrogen-bond acceptors (Lipinski definition) is 12. The molecule has 8 amide bonds. The highest BCUT2D eigenvalue weighted by atomic mass is 16.4. The highest BCUT2D eigenvalue weighted by molar-refractivity contribution is 5.98. The minimum atomic E-state index is -1.75. The molecule has 9 atom stereocenters. The summed E-state index contributed by atoms with van der Waals surface area (Å²) in [5.41, 5.74) is 1.30. The van der Waals surface area contributed by atoms with Crippen LogP contribution in [0, 0.1) is 5.92 Å². The molecule has 2 aromatic rings. The van der Waals surface area contributed by atoms with Crippen molar-refractivity contribution in [2.24, 2.45) is 5.92 Å². The first kappa shape index (κ1) is 53.4. The minimum absolute atomic E-state index is 0.0114. The van der Waals surface area contributed by atoms with Gasteiger partial charge in [0, 0.05) is 12.8 Å². The molecule has 1 aliphatic rings. The summed E-state index contributed by atoms with van der Waals surface area (Å²) in [5.74, 6) is -10.2. The zero-order chi connectivity index (χ0) is 49.1. The second-order valence-corrected chi connectivity index (χ2v) is 16.3. The quantitative estimate of drug-likeness (QED) is 0.0485. The molecule has 0 aromatic heterocycles. The highest BCUT2D eigenvalue weighted by Crippen LogP contribution is 2.09. The summed E-state index contributed by atoms with van der Waals surface area (Å²) >= 11 is 0. The number of aliphatic hydroxyl groups is 1.